The van der Waals surface area contributed by atoms with E-state index in [0.717, 1.165) is 66.1 Å². The Balaban J connectivity index is 1.17. The fourth-order valence-corrected chi connectivity index (χ4v) is 5.36. The molecule has 0 radical (unpaired) electrons. The Kier molecular flexibility index (Phi) is 6.46. The van der Waals surface area contributed by atoms with Gasteiger partial charge in [0.2, 0.25) is 0 Å². The first-order valence-electron chi connectivity index (χ1n) is 13.0. The molecule has 1 saturated heterocycles. The van der Waals surface area contributed by atoms with Crippen molar-refractivity contribution in [3.8, 4) is 17.0 Å². The average molecular weight is 489 g/mol. The normalized spacial score (nSPS) is 14.8. The maximum Gasteiger partial charge on any atom is 0.156 e. The van der Waals surface area contributed by atoms with Gasteiger partial charge in [-0.25, -0.2) is 0 Å². The van der Waals surface area contributed by atoms with Gasteiger partial charge in [0.25, 0.3) is 0 Å². The van der Waals surface area contributed by atoms with Crippen molar-refractivity contribution >= 4 is 27.4 Å². The fraction of sp³-hybridized carbons (Fsp3) is 0.250. The van der Waals surface area contributed by atoms with Crippen LogP contribution in [0, 0.1) is 6.92 Å². The molecule has 37 heavy (non-hydrogen) atoms. The smallest absolute Gasteiger partial charge is 0.156 e. The molecule has 1 aliphatic heterocycles. The number of fused-ring (bicyclic) bond motifs is 2. The van der Waals surface area contributed by atoms with E-state index in [4.69, 9.17) is 4.74 Å². The second kappa shape index (κ2) is 10.2. The molecule has 0 amide bonds. The number of likely N-dealkylation sites (tertiary alicyclic amines) is 1. The lowest BCUT2D eigenvalue weighted by molar-refractivity contribution is 0.211. The number of piperidine rings is 1. The quantitative estimate of drug-likeness (QED) is 0.283. The second-order valence-electron chi connectivity index (χ2n) is 10.1. The number of anilines is 1. The first-order valence-corrected chi connectivity index (χ1v) is 13.0. The number of ether oxygens (including phenoxy) is 1. The first kappa shape index (κ1) is 23.4. The monoisotopic (exact) mass is 488 g/mol. The third-order valence-electron chi connectivity index (χ3n) is 7.45. The van der Waals surface area contributed by atoms with Crippen LogP contribution in [0.2, 0.25) is 0 Å². The number of hydrogen-bond acceptors (Lipinski definition) is 5. The van der Waals surface area contributed by atoms with Crippen molar-refractivity contribution < 1.29 is 4.74 Å². The molecule has 186 valence electrons. The fourth-order valence-electron chi connectivity index (χ4n) is 5.36. The molecule has 0 atom stereocenters. The summed E-state index contributed by atoms with van der Waals surface area (Å²) in [6.45, 7) is 5.26. The Morgan fingerprint density at radius 2 is 1.62 bits per heavy atom. The number of nitrogens with zero attached hydrogens (tertiary/aromatic N) is 3. The lowest BCUT2D eigenvalue weighted by Crippen LogP contribution is -2.38. The molecule has 5 nitrogen and oxygen atoms in total. The minimum atomic E-state index is 0.387. The molecular formula is C32H32N4O. The van der Waals surface area contributed by atoms with Gasteiger partial charge in [0.15, 0.2) is 5.82 Å². The van der Waals surface area contributed by atoms with Gasteiger partial charge in [0.1, 0.15) is 11.4 Å². The van der Waals surface area contributed by atoms with E-state index in [1.165, 1.54) is 21.9 Å². The van der Waals surface area contributed by atoms with Crippen LogP contribution in [0.15, 0.2) is 84.9 Å². The van der Waals surface area contributed by atoms with E-state index in [2.05, 4.69) is 88.0 Å². The van der Waals surface area contributed by atoms with Gasteiger partial charge in [0.05, 0.1) is 7.11 Å². The highest BCUT2D eigenvalue weighted by atomic mass is 16.5. The van der Waals surface area contributed by atoms with E-state index in [1.54, 1.807) is 7.11 Å². The summed E-state index contributed by atoms with van der Waals surface area (Å²) < 4.78 is 5.32. The van der Waals surface area contributed by atoms with Gasteiger partial charge in [-0.1, -0.05) is 54.1 Å². The lowest BCUT2D eigenvalue weighted by atomic mass is 10.0. The van der Waals surface area contributed by atoms with Crippen LogP contribution in [0.4, 0.5) is 5.82 Å². The topological polar surface area (TPSA) is 50.3 Å². The van der Waals surface area contributed by atoms with E-state index in [0.29, 0.717) is 6.04 Å². The molecule has 0 spiro atoms. The number of methoxy groups -OCH3 is 1. The van der Waals surface area contributed by atoms with Gasteiger partial charge < -0.3 is 10.1 Å². The molecule has 5 heteroatoms. The number of nitrogens with one attached hydrogen (secondary N) is 1. The minimum absolute atomic E-state index is 0.387. The number of aryl methyl sites for hydroxylation is 1. The summed E-state index contributed by atoms with van der Waals surface area (Å²) in [5.41, 5.74) is 4.53. The van der Waals surface area contributed by atoms with Crippen LogP contribution < -0.4 is 10.1 Å². The highest BCUT2D eigenvalue weighted by molar-refractivity contribution is 6.00. The van der Waals surface area contributed by atoms with Gasteiger partial charge in [-0.3, -0.25) is 4.90 Å². The first-order chi connectivity index (χ1) is 18.2. The van der Waals surface area contributed by atoms with Crippen molar-refractivity contribution in [3.05, 3.63) is 96.1 Å². The zero-order chi connectivity index (χ0) is 25.2. The van der Waals surface area contributed by atoms with Crippen LogP contribution in [-0.2, 0) is 6.54 Å². The van der Waals surface area contributed by atoms with Crippen molar-refractivity contribution in [2.75, 3.05) is 25.5 Å². The highest BCUT2D eigenvalue weighted by Gasteiger charge is 2.21. The minimum Gasteiger partial charge on any atom is -0.497 e. The van der Waals surface area contributed by atoms with E-state index < -0.39 is 0 Å². The van der Waals surface area contributed by atoms with Crippen molar-refractivity contribution in [3.63, 3.8) is 0 Å². The molecular weight excluding hydrogens is 456 g/mol. The molecule has 5 aromatic rings. The Bertz CT molecular complexity index is 1540. The van der Waals surface area contributed by atoms with E-state index in [-0.39, 0.29) is 0 Å². The molecule has 0 saturated carbocycles. The molecule has 0 unspecified atom stereocenters. The molecule has 4 aromatic carbocycles. The van der Waals surface area contributed by atoms with Crippen molar-refractivity contribution in [1.29, 1.82) is 0 Å². The number of aromatic nitrogens is 2. The third kappa shape index (κ3) is 5.00. The summed E-state index contributed by atoms with van der Waals surface area (Å²) in [4.78, 5) is 2.56. The average Bonchev–Trinajstić information content (AvgIpc) is 2.94. The van der Waals surface area contributed by atoms with Crippen LogP contribution in [-0.4, -0.2) is 41.3 Å². The van der Waals surface area contributed by atoms with Crippen LogP contribution in [0.25, 0.3) is 32.8 Å². The van der Waals surface area contributed by atoms with Crippen molar-refractivity contribution in [2.45, 2.75) is 32.4 Å². The lowest BCUT2D eigenvalue weighted by Gasteiger charge is -2.32. The van der Waals surface area contributed by atoms with Crippen LogP contribution in [0.3, 0.4) is 0 Å². The third-order valence-corrected chi connectivity index (χ3v) is 7.45. The second-order valence-corrected chi connectivity index (χ2v) is 10.1. The summed E-state index contributed by atoms with van der Waals surface area (Å²) in [6, 6.07) is 30.3. The van der Waals surface area contributed by atoms with Gasteiger partial charge in [-0.2, -0.15) is 0 Å². The van der Waals surface area contributed by atoms with E-state index in [1.807, 2.05) is 24.3 Å². The summed E-state index contributed by atoms with van der Waals surface area (Å²) in [7, 11) is 1.68. The Morgan fingerprint density at radius 1 is 0.838 bits per heavy atom. The molecule has 6 rings (SSSR count). The maximum atomic E-state index is 5.32. The number of benzene rings is 4. The van der Waals surface area contributed by atoms with Gasteiger partial charge in [-0.05, 0) is 72.5 Å². The molecule has 0 aliphatic carbocycles. The van der Waals surface area contributed by atoms with Crippen LogP contribution >= 0.6 is 0 Å². The van der Waals surface area contributed by atoms with E-state index in [9.17, 15) is 0 Å². The van der Waals surface area contributed by atoms with Crippen molar-refractivity contribution in [2.24, 2.45) is 0 Å². The summed E-state index contributed by atoms with van der Waals surface area (Å²) in [5, 5.41) is 17.9. The molecule has 0 bridgehead atoms. The zero-order valence-electron chi connectivity index (χ0n) is 21.4. The van der Waals surface area contributed by atoms with Crippen LogP contribution in [0.5, 0.6) is 5.75 Å². The van der Waals surface area contributed by atoms with Crippen molar-refractivity contribution in [1.82, 2.24) is 15.1 Å². The summed E-state index contributed by atoms with van der Waals surface area (Å²) in [6.07, 6.45) is 2.17. The molecule has 1 fully saturated rings. The molecule has 1 N–H and O–H groups in total. The standard InChI is InChI=1S/C32H32N4O/c1-22-7-14-29-30(19-22)32(35-34-31(29)25-10-12-28(37-2)13-11-25)33-27-15-17-36(18-16-27)21-23-8-9-24-5-3-4-6-26(24)20-23/h3-14,19-20,27H,15-18,21H2,1-2H3,(H,33,35). The van der Waals surface area contributed by atoms with E-state index >= 15 is 0 Å². The predicted octanol–water partition coefficient (Wildman–Crippen LogP) is 6.84. The highest BCUT2D eigenvalue weighted by Crippen LogP contribution is 2.32. The van der Waals surface area contributed by atoms with Crippen LogP contribution in [0.1, 0.15) is 24.0 Å². The SMILES string of the molecule is COc1ccc(-c2nnc(NC3CCN(Cc4ccc5ccccc5c4)CC3)c3cc(C)ccc23)cc1. The Hall–Kier alpha value is -3.96. The number of rotatable bonds is 6. The molecule has 2 heterocycles. The summed E-state index contributed by atoms with van der Waals surface area (Å²) >= 11 is 0. The molecule has 1 aromatic heterocycles. The van der Waals surface area contributed by atoms with Gasteiger partial charge >= 0.3 is 0 Å². The van der Waals surface area contributed by atoms with Gasteiger partial charge in [-0.15, -0.1) is 10.2 Å². The molecule has 1 aliphatic rings. The maximum absolute atomic E-state index is 5.32. The number of hydrogen-bond donors (Lipinski definition) is 1. The Morgan fingerprint density at radius 3 is 2.41 bits per heavy atom. The zero-order valence-corrected chi connectivity index (χ0v) is 21.4. The summed E-state index contributed by atoms with van der Waals surface area (Å²) in [5.74, 6) is 1.71. The Labute approximate surface area is 218 Å². The van der Waals surface area contributed by atoms with Gasteiger partial charge in [0, 0.05) is 42.0 Å². The predicted molar refractivity (Wildman–Crippen MR) is 152 cm³/mol. The largest absolute Gasteiger partial charge is 0.497 e.